The number of aromatic nitrogens is 2. The minimum atomic E-state index is -0.302. The second kappa shape index (κ2) is 6.18. The Labute approximate surface area is 117 Å². The lowest BCUT2D eigenvalue weighted by Crippen LogP contribution is -2.34. The normalized spacial score (nSPS) is 10.3. The highest BCUT2D eigenvalue weighted by Crippen LogP contribution is 2.09. The molecule has 106 valence electrons. The number of nitrogens with zero attached hydrogens (tertiary/aromatic N) is 3. The van der Waals surface area contributed by atoms with Crippen LogP contribution in [0.4, 0.5) is 15.0 Å². The standard InChI is InChI=1S/C14H17FN4O/c1-3-19(10-11-5-4-6-12(15)9-11)14(20)16-13-7-8-18(2)17-13/h4-9H,3,10H2,1-2H3,(H,16,17,20). The van der Waals surface area contributed by atoms with E-state index in [-0.39, 0.29) is 11.8 Å². The third-order valence-electron chi connectivity index (χ3n) is 2.88. The fourth-order valence-corrected chi connectivity index (χ4v) is 1.85. The lowest BCUT2D eigenvalue weighted by molar-refractivity contribution is 0.212. The maximum Gasteiger partial charge on any atom is 0.323 e. The van der Waals surface area contributed by atoms with Gasteiger partial charge in [0.1, 0.15) is 5.82 Å². The number of hydrogen-bond acceptors (Lipinski definition) is 2. The van der Waals surface area contributed by atoms with Gasteiger partial charge in [0.2, 0.25) is 0 Å². The van der Waals surface area contributed by atoms with Gasteiger partial charge in [-0.3, -0.25) is 10.00 Å². The van der Waals surface area contributed by atoms with E-state index in [4.69, 9.17) is 0 Å². The number of urea groups is 1. The summed E-state index contributed by atoms with van der Waals surface area (Å²) in [4.78, 5) is 13.7. The summed E-state index contributed by atoms with van der Waals surface area (Å²) < 4.78 is 14.8. The molecular formula is C14H17FN4O. The van der Waals surface area contributed by atoms with E-state index in [0.717, 1.165) is 5.56 Å². The number of carbonyl (C=O) groups excluding carboxylic acids is 1. The van der Waals surface area contributed by atoms with Gasteiger partial charge in [-0.15, -0.1) is 0 Å². The molecule has 0 atom stereocenters. The third-order valence-corrected chi connectivity index (χ3v) is 2.88. The second-order valence-electron chi connectivity index (χ2n) is 4.45. The van der Waals surface area contributed by atoms with E-state index < -0.39 is 0 Å². The molecule has 0 spiro atoms. The quantitative estimate of drug-likeness (QED) is 0.933. The third kappa shape index (κ3) is 3.57. The molecule has 1 N–H and O–H groups in total. The molecule has 2 aromatic rings. The summed E-state index contributed by atoms with van der Waals surface area (Å²) in [6, 6.07) is 7.70. The molecule has 0 unspecified atom stereocenters. The summed E-state index contributed by atoms with van der Waals surface area (Å²) in [6.45, 7) is 2.75. The molecule has 1 aromatic heterocycles. The van der Waals surface area contributed by atoms with E-state index in [1.54, 1.807) is 41.0 Å². The van der Waals surface area contributed by atoms with Crippen molar-refractivity contribution in [3.8, 4) is 0 Å². The zero-order chi connectivity index (χ0) is 14.5. The van der Waals surface area contributed by atoms with Crippen molar-refractivity contribution in [3.63, 3.8) is 0 Å². The van der Waals surface area contributed by atoms with Gasteiger partial charge in [-0.05, 0) is 24.6 Å². The van der Waals surface area contributed by atoms with Crippen LogP contribution in [0, 0.1) is 5.82 Å². The fraction of sp³-hybridized carbons (Fsp3) is 0.286. The highest BCUT2D eigenvalue weighted by atomic mass is 19.1. The van der Waals surface area contributed by atoms with Crippen molar-refractivity contribution in [3.05, 3.63) is 47.9 Å². The van der Waals surface area contributed by atoms with Crippen LogP contribution >= 0.6 is 0 Å². The summed E-state index contributed by atoms with van der Waals surface area (Å²) >= 11 is 0. The Balaban J connectivity index is 2.02. The van der Waals surface area contributed by atoms with Gasteiger partial charge in [0.25, 0.3) is 0 Å². The smallest absolute Gasteiger partial charge is 0.320 e. The van der Waals surface area contributed by atoms with Crippen LogP contribution in [-0.4, -0.2) is 27.3 Å². The number of carbonyl (C=O) groups is 1. The molecule has 0 aliphatic carbocycles. The van der Waals surface area contributed by atoms with Crippen molar-refractivity contribution in [2.45, 2.75) is 13.5 Å². The number of nitrogens with one attached hydrogen (secondary N) is 1. The van der Waals surface area contributed by atoms with Crippen LogP contribution < -0.4 is 5.32 Å². The van der Waals surface area contributed by atoms with Gasteiger partial charge in [0, 0.05) is 32.4 Å². The van der Waals surface area contributed by atoms with Crippen molar-refractivity contribution < 1.29 is 9.18 Å². The van der Waals surface area contributed by atoms with E-state index in [0.29, 0.717) is 18.9 Å². The Morgan fingerprint density at radius 3 is 2.85 bits per heavy atom. The van der Waals surface area contributed by atoms with Crippen molar-refractivity contribution in [1.82, 2.24) is 14.7 Å². The van der Waals surface area contributed by atoms with Crippen molar-refractivity contribution >= 4 is 11.8 Å². The largest absolute Gasteiger partial charge is 0.323 e. The first-order chi connectivity index (χ1) is 9.58. The number of rotatable bonds is 4. The Bertz CT molecular complexity index is 596. The first kappa shape index (κ1) is 14.0. The molecule has 1 aromatic carbocycles. The van der Waals surface area contributed by atoms with E-state index in [1.165, 1.54) is 12.1 Å². The molecular weight excluding hydrogens is 259 g/mol. The molecule has 0 saturated carbocycles. The average molecular weight is 276 g/mol. The van der Waals surface area contributed by atoms with E-state index in [2.05, 4.69) is 10.4 Å². The molecule has 0 fully saturated rings. The summed E-state index contributed by atoms with van der Waals surface area (Å²) in [5, 5.41) is 6.80. The van der Waals surface area contributed by atoms with Crippen LogP contribution in [0.2, 0.25) is 0 Å². The first-order valence-corrected chi connectivity index (χ1v) is 6.38. The van der Waals surface area contributed by atoms with Crippen molar-refractivity contribution in [2.24, 2.45) is 7.05 Å². The average Bonchev–Trinajstić information content (AvgIpc) is 2.81. The van der Waals surface area contributed by atoms with E-state index in [1.807, 2.05) is 6.92 Å². The Hall–Kier alpha value is -2.37. The molecule has 20 heavy (non-hydrogen) atoms. The topological polar surface area (TPSA) is 50.2 Å². The Kier molecular flexibility index (Phi) is 4.34. The van der Waals surface area contributed by atoms with Crippen LogP contribution in [0.3, 0.4) is 0 Å². The van der Waals surface area contributed by atoms with Gasteiger partial charge < -0.3 is 4.90 Å². The molecule has 0 bridgehead atoms. The van der Waals surface area contributed by atoms with E-state index in [9.17, 15) is 9.18 Å². The highest BCUT2D eigenvalue weighted by molar-refractivity contribution is 5.88. The molecule has 0 aliphatic rings. The van der Waals surface area contributed by atoms with Crippen molar-refractivity contribution in [1.29, 1.82) is 0 Å². The Morgan fingerprint density at radius 1 is 1.45 bits per heavy atom. The number of halogens is 1. The van der Waals surface area contributed by atoms with E-state index >= 15 is 0 Å². The molecule has 2 amide bonds. The van der Waals surface area contributed by atoms with Crippen molar-refractivity contribution in [2.75, 3.05) is 11.9 Å². The summed E-state index contributed by atoms with van der Waals surface area (Å²) in [5.41, 5.74) is 0.753. The highest BCUT2D eigenvalue weighted by Gasteiger charge is 2.13. The molecule has 5 nitrogen and oxygen atoms in total. The predicted octanol–water partition coefficient (Wildman–Crippen LogP) is 2.61. The maximum absolute atomic E-state index is 13.1. The Morgan fingerprint density at radius 2 is 2.25 bits per heavy atom. The molecule has 0 saturated heterocycles. The predicted molar refractivity (Wildman–Crippen MR) is 74.7 cm³/mol. The fourth-order valence-electron chi connectivity index (χ4n) is 1.85. The van der Waals surface area contributed by atoms with Gasteiger partial charge in [-0.25, -0.2) is 9.18 Å². The zero-order valence-corrected chi connectivity index (χ0v) is 11.5. The minimum Gasteiger partial charge on any atom is -0.320 e. The summed E-state index contributed by atoms with van der Waals surface area (Å²) in [7, 11) is 1.78. The molecule has 0 aliphatic heterocycles. The number of benzene rings is 1. The number of amides is 2. The molecule has 2 rings (SSSR count). The lowest BCUT2D eigenvalue weighted by Gasteiger charge is -2.20. The van der Waals surface area contributed by atoms with Crippen LogP contribution in [0.15, 0.2) is 36.5 Å². The molecule has 6 heteroatoms. The zero-order valence-electron chi connectivity index (χ0n) is 11.5. The number of hydrogen-bond donors (Lipinski definition) is 1. The number of anilines is 1. The number of aryl methyl sites for hydroxylation is 1. The van der Waals surface area contributed by atoms with Crippen LogP contribution in [0.25, 0.3) is 0 Å². The SMILES string of the molecule is CCN(Cc1cccc(F)c1)C(=O)Nc1ccn(C)n1. The monoisotopic (exact) mass is 276 g/mol. The maximum atomic E-state index is 13.1. The van der Waals surface area contributed by atoms with Gasteiger partial charge >= 0.3 is 6.03 Å². The van der Waals surface area contributed by atoms with Crippen LogP contribution in [0.5, 0.6) is 0 Å². The summed E-state index contributed by atoms with van der Waals surface area (Å²) in [6.07, 6.45) is 1.75. The van der Waals surface area contributed by atoms with Gasteiger partial charge in [0.05, 0.1) is 0 Å². The molecule has 1 heterocycles. The van der Waals surface area contributed by atoms with Crippen LogP contribution in [0.1, 0.15) is 12.5 Å². The lowest BCUT2D eigenvalue weighted by atomic mass is 10.2. The molecule has 0 radical (unpaired) electrons. The minimum absolute atomic E-state index is 0.254. The van der Waals surface area contributed by atoms with Gasteiger partial charge in [-0.1, -0.05) is 12.1 Å². The van der Waals surface area contributed by atoms with Gasteiger partial charge in [-0.2, -0.15) is 5.10 Å². The van der Waals surface area contributed by atoms with Gasteiger partial charge in [0.15, 0.2) is 5.82 Å². The second-order valence-corrected chi connectivity index (χ2v) is 4.45. The first-order valence-electron chi connectivity index (χ1n) is 6.38. The van der Waals surface area contributed by atoms with Crippen LogP contribution in [-0.2, 0) is 13.6 Å². The summed E-state index contributed by atoms with van der Waals surface area (Å²) in [5.74, 6) is 0.193.